The standard InChI is InChI=1S/C10H15N3O3S/c1-15-5-6-8(9(14)13-11)17-10(12-6)7-3-2-4-16-7/h7H,2-5,11H2,1H3,(H,13,14). The van der Waals surface area contributed by atoms with Gasteiger partial charge in [-0.1, -0.05) is 0 Å². The Labute approximate surface area is 103 Å². The van der Waals surface area contributed by atoms with E-state index in [0.717, 1.165) is 24.5 Å². The van der Waals surface area contributed by atoms with Gasteiger partial charge in [0.2, 0.25) is 0 Å². The molecule has 1 aromatic heterocycles. The lowest BCUT2D eigenvalue weighted by Gasteiger charge is -2.03. The van der Waals surface area contributed by atoms with Crippen molar-refractivity contribution in [1.29, 1.82) is 0 Å². The second-order valence-electron chi connectivity index (χ2n) is 3.74. The fraction of sp³-hybridized carbons (Fsp3) is 0.600. The first-order valence-electron chi connectivity index (χ1n) is 5.37. The van der Waals surface area contributed by atoms with E-state index >= 15 is 0 Å². The fourth-order valence-electron chi connectivity index (χ4n) is 1.76. The molecule has 94 valence electrons. The van der Waals surface area contributed by atoms with E-state index in [-0.39, 0.29) is 12.0 Å². The Bertz CT molecular complexity index is 402. The number of rotatable bonds is 4. The zero-order valence-electron chi connectivity index (χ0n) is 9.56. The van der Waals surface area contributed by atoms with Crippen LogP contribution >= 0.6 is 11.3 Å². The quantitative estimate of drug-likeness (QED) is 0.472. The highest BCUT2D eigenvalue weighted by Crippen LogP contribution is 2.33. The van der Waals surface area contributed by atoms with Crippen LogP contribution < -0.4 is 11.3 Å². The molecule has 6 nitrogen and oxygen atoms in total. The lowest BCUT2D eigenvalue weighted by atomic mass is 10.2. The van der Waals surface area contributed by atoms with Crippen LogP contribution in [0.4, 0.5) is 0 Å². The molecule has 0 saturated carbocycles. The molecule has 1 unspecified atom stereocenters. The van der Waals surface area contributed by atoms with Crippen molar-refractivity contribution < 1.29 is 14.3 Å². The third kappa shape index (κ3) is 2.63. The predicted molar refractivity (Wildman–Crippen MR) is 62.4 cm³/mol. The number of hydrazine groups is 1. The number of amides is 1. The minimum atomic E-state index is -0.334. The minimum absolute atomic E-state index is 0.00920. The molecule has 1 aromatic rings. The second kappa shape index (κ2) is 5.54. The number of hydrogen-bond acceptors (Lipinski definition) is 6. The summed E-state index contributed by atoms with van der Waals surface area (Å²) in [6.07, 6.45) is 1.99. The molecule has 0 radical (unpaired) electrons. The van der Waals surface area contributed by atoms with Crippen LogP contribution in [0.1, 0.15) is 39.3 Å². The molecule has 0 bridgehead atoms. The number of methoxy groups -OCH3 is 1. The Hall–Kier alpha value is -1.02. The Balaban J connectivity index is 2.26. The van der Waals surface area contributed by atoms with Gasteiger partial charge in [-0.3, -0.25) is 10.2 Å². The summed E-state index contributed by atoms with van der Waals surface area (Å²) < 4.78 is 10.6. The molecule has 1 amide bonds. The number of ether oxygens (including phenoxy) is 2. The van der Waals surface area contributed by atoms with Crippen LogP contribution in [-0.2, 0) is 16.1 Å². The number of aromatic nitrogens is 1. The zero-order chi connectivity index (χ0) is 12.3. The van der Waals surface area contributed by atoms with Crippen LogP contribution in [0.2, 0.25) is 0 Å². The Morgan fingerprint density at radius 2 is 2.59 bits per heavy atom. The summed E-state index contributed by atoms with van der Waals surface area (Å²) in [6, 6.07) is 0. The Kier molecular flexibility index (Phi) is 4.06. The Morgan fingerprint density at radius 3 is 3.18 bits per heavy atom. The number of thiazole rings is 1. The van der Waals surface area contributed by atoms with Crippen molar-refractivity contribution in [3.05, 3.63) is 15.6 Å². The maximum atomic E-state index is 11.6. The van der Waals surface area contributed by atoms with Crippen molar-refractivity contribution in [3.8, 4) is 0 Å². The minimum Gasteiger partial charge on any atom is -0.378 e. The number of nitrogens with two attached hydrogens (primary N) is 1. The van der Waals surface area contributed by atoms with Gasteiger partial charge >= 0.3 is 0 Å². The van der Waals surface area contributed by atoms with Gasteiger partial charge in [-0.25, -0.2) is 10.8 Å². The molecule has 2 heterocycles. The van der Waals surface area contributed by atoms with Gasteiger partial charge in [-0.15, -0.1) is 11.3 Å². The Morgan fingerprint density at radius 1 is 1.76 bits per heavy atom. The van der Waals surface area contributed by atoms with E-state index in [0.29, 0.717) is 17.2 Å². The van der Waals surface area contributed by atoms with Gasteiger partial charge in [0.1, 0.15) is 16.0 Å². The summed E-state index contributed by atoms with van der Waals surface area (Å²) in [5, 5.41) is 0.827. The van der Waals surface area contributed by atoms with Crippen molar-refractivity contribution >= 4 is 17.2 Å². The first-order valence-corrected chi connectivity index (χ1v) is 6.19. The SMILES string of the molecule is COCc1nc(C2CCCO2)sc1C(=O)NN. The molecule has 0 aliphatic carbocycles. The van der Waals surface area contributed by atoms with Gasteiger partial charge in [0.25, 0.3) is 5.91 Å². The lowest BCUT2D eigenvalue weighted by Crippen LogP contribution is -2.30. The molecule has 1 fully saturated rings. The topological polar surface area (TPSA) is 86.5 Å². The van der Waals surface area contributed by atoms with E-state index in [9.17, 15) is 4.79 Å². The molecule has 1 saturated heterocycles. The third-order valence-corrected chi connectivity index (χ3v) is 3.73. The number of nitrogens with zero attached hydrogens (tertiary/aromatic N) is 1. The monoisotopic (exact) mass is 257 g/mol. The molecule has 1 aliphatic rings. The van der Waals surface area contributed by atoms with E-state index in [4.69, 9.17) is 15.3 Å². The smallest absolute Gasteiger partial charge is 0.277 e. The molecule has 17 heavy (non-hydrogen) atoms. The molecule has 0 aromatic carbocycles. The first-order chi connectivity index (χ1) is 8.26. The second-order valence-corrected chi connectivity index (χ2v) is 4.77. The number of hydrogen-bond donors (Lipinski definition) is 2. The van der Waals surface area contributed by atoms with Crippen LogP contribution in [-0.4, -0.2) is 24.6 Å². The average molecular weight is 257 g/mol. The summed E-state index contributed by atoms with van der Waals surface area (Å²) in [5.41, 5.74) is 2.74. The van der Waals surface area contributed by atoms with Crippen molar-refractivity contribution in [2.75, 3.05) is 13.7 Å². The van der Waals surface area contributed by atoms with Crippen LogP contribution in [0.3, 0.4) is 0 Å². The molecule has 1 atom stereocenters. The van der Waals surface area contributed by atoms with Crippen LogP contribution in [0.5, 0.6) is 0 Å². The maximum absolute atomic E-state index is 11.6. The normalized spacial score (nSPS) is 19.5. The first kappa shape index (κ1) is 12.4. The van der Waals surface area contributed by atoms with E-state index in [1.54, 1.807) is 7.11 Å². The van der Waals surface area contributed by atoms with Crippen molar-refractivity contribution in [1.82, 2.24) is 10.4 Å². The molecule has 1 aliphatic heterocycles. The molecule has 2 rings (SSSR count). The summed E-state index contributed by atoms with van der Waals surface area (Å²) in [4.78, 5) is 16.5. The van der Waals surface area contributed by atoms with Crippen molar-refractivity contribution in [3.63, 3.8) is 0 Å². The number of carbonyl (C=O) groups is 1. The van der Waals surface area contributed by atoms with E-state index in [2.05, 4.69) is 10.4 Å². The lowest BCUT2D eigenvalue weighted by molar-refractivity contribution is 0.0952. The average Bonchev–Trinajstić information content (AvgIpc) is 2.96. The van der Waals surface area contributed by atoms with E-state index in [1.807, 2.05) is 0 Å². The van der Waals surface area contributed by atoms with Crippen molar-refractivity contribution in [2.45, 2.75) is 25.6 Å². The van der Waals surface area contributed by atoms with Gasteiger partial charge in [0.05, 0.1) is 12.3 Å². The summed E-state index contributed by atoms with van der Waals surface area (Å²) in [6.45, 7) is 1.05. The fourth-order valence-corrected chi connectivity index (χ4v) is 2.81. The van der Waals surface area contributed by atoms with Crippen molar-refractivity contribution in [2.24, 2.45) is 5.84 Å². The molecule has 3 N–H and O–H groups in total. The summed E-state index contributed by atoms with van der Waals surface area (Å²) in [5.74, 6) is 4.80. The van der Waals surface area contributed by atoms with E-state index in [1.165, 1.54) is 11.3 Å². The van der Waals surface area contributed by atoms with Crippen LogP contribution in [0.25, 0.3) is 0 Å². The van der Waals surface area contributed by atoms with Gasteiger partial charge in [0.15, 0.2) is 0 Å². The summed E-state index contributed by atoms with van der Waals surface area (Å²) in [7, 11) is 1.56. The van der Waals surface area contributed by atoms with Gasteiger partial charge in [-0.05, 0) is 12.8 Å². The number of nitrogens with one attached hydrogen (secondary N) is 1. The number of carbonyl (C=O) groups excluding carboxylic acids is 1. The highest BCUT2D eigenvalue weighted by atomic mass is 32.1. The van der Waals surface area contributed by atoms with Gasteiger partial charge < -0.3 is 9.47 Å². The van der Waals surface area contributed by atoms with E-state index < -0.39 is 0 Å². The largest absolute Gasteiger partial charge is 0.378 e. The number of nitrogen functional groups attached to an aromatic ring is 1. The summed E-state index contributed by atoms with van der Waals surface area (Å²) >= 11 is 1.32. The highest BCUT2D eigenvalue weighted by Gasteiger charge is 2.25. The molecule has 0 spiro atoms. The highest BCUT2D eigenvalue weighted by molar-refractivity contribution is 7.13. The third-order valence-electron chi connectivity index (χ3n) is 2.54. The van der Waals surface area contributed by atoms with Gasteiger partial charge in [-0.2, -0.15) is 0 Å². The maximum Gasteiger partial charge on any atom is 0.277 e. The van der Waals surface area contributed by atoms with Crippen LogP contribution in [0, 0.1) is 0 Å². The molecular formula is C10H15N3O3S. The van der Waals surface area contributed by atoms with Gasteiger partial charge in [0, 0.05) is 13.7 Å². The zero-order valence-corrected chi connectivity index (χ0v) is 10.4. The van der Waals surface area contributed by atoms with Crippen LogP contribution in [0.15, 0.2) is 0 Å². The molecule has 7 heteroatoms. The molecular weight excluding hydrogens is 242 g/mol. The predicted octanol–water partition coefficient (Wildman–Crippen LogP) is 0.745.